The van der Waals surface area contributed by atoms with Crippen LogP contribution >= 0.6 is 0 Å². The molecule has 36 heavy (non-hydrogen) atoms. The third-order valence-corrected chi connectivity index (χ3v) is 6.03. The molecule has 6 rings (SSSR count). The van der Waals surface area contributed by atoms with Crippen LogP contribution in [0.4, 0.5) is 0 Å². The zero-order chi connectivity index (χ0) is 24.3. The fourth-order valence-corrected chi connectivity index (χ4v) is 4.22. The predicted octanol–water partition coefficient (Wildman–Crippen LogP) is 5.37. The second kappa shape index (κ2) is 9.62. The maximum atomic E-state index is 13.1. The molecule has 0 fully saturated rings. The van der Waals surface area contributed by atoms with Crippen molar-refractivity contribution < 1.29 is 23.7 Å². The van der Waals surface area contributed by atoms with Gasteiger partial charge in [-0.3, -0.25) is 4.79 Å². The van der Waals surface area contributed by atoms with E-state index >= 15 is 0 Å². The van der Waals surface area contributed by atoms with Crippen molar-refractivity contribution in [3.8, 4) is 39.9 Å². The number of hydrogen-bond donors (Lipinski definition) is 0. The summed E-state index contributed by atoms with van der Waals surface area (Å²) < 4.78 is 24.7. The molecule has 0 aliphatic carbocycles. The second-order valence-electron chi connectivity index (χ2n) is 8.48. The van der Waals surface area contributed by atoms with E-state index in [9.17, 15) is 4.79 Å². The van der Waals surface area contributed by atoms with E-state index in [0.29, 0.717) is 55.0 Å². The van der Waals surface area contributed by atoms with Crippen molar-refractivity contribution in [2.45, 2.75) is 6.42 Å². The summed E-state index contributed by atoms with van der Waals surface area (Å²) in [5.74, 6) is 2.53. The first-order valence-corrected chi connectivity index (χ1v) is 11.9. The summed E-state index contributed by atoms with van der Waals surface area (Å²) in [6.07, 6.45) is 6.09. The van der Waals surface area contributed by atoms with E-state index in [0.717, 1.165) is 28.9 Å². The zero-order valence-electron chi connectivity index (χ0n) is 19.6. The number of benzene rings is 3. The van der Waals surface area contributed by atoms with Gasteiger partial charge in [0.05, 0.1) is 18.9 Å². The molecule has 0 saturated carbocycles. The van der Waals surface area contributed by atoms with E-state index in [1.54, 1.807) is 30.4 Å². The van der Waals surface area contributed by atoms with E-state index in [1.165, 1.54) is 0 Å². The number of aromatic nitrogens is 2. The lowest BCUT2D eigenvalue weighted by Gasteiger charge is -2.18. The van der Waals surface area contributed by atoms with Crippen LogP contribution in [-0.4, -0.2) is 42.0 Å². The number of fused-ring (bicyclic) bond motifs is 2. The Morgan fingerprint density at radius 2 is 1.47 bits per heavy atom. The van der Waals surface area contributed by atoms with E-state index < -0.39 is 0 Å². The molecule has 0 atom stereocenters. The summed E-state index contributed by atoms with van der Waals surface area (Å²) in [5, 5.41) is 4.84. The minimum Gasteiger partial charge on any atom is -0.490 e. The van der Waals surface area contributed by atoms with E-state index in [2.05, 4.69) is 0 Å². The molecule has 0 spiro atoms. The molecule has 0 amide bonds. The minimum atomic E-state index is -0.133. The zero-order valence-corrected chi connectivity index (χ0v) is 19.6. The molecule has 0 radical (unpaired) electrons. The maximum absolute atomic E-state index is 13.1. The third kappa shape index (κ3) is 4.43. The Balaban J connectivity index is 1.35. The van der Waals surface area contributed by atoms with Gasteiger partial charge in [0.1, 0.15) is 18.9 Å². The van der Waals surface area contributed by atoms with Crippen LogP contribution < -0.4 is 18.9 Å². The monoisotopic (exact) mass is 480 g/mol. The molecule has 4 aromatic rings. The highest BCUT2D eigenvalue weighted by Gasteiger charge is 2.17. The SMILES string of the molecule is O=C(/C=C/c1cn(-c2ccccc2)nc1-c1ccc2c(c1)OCCO2)c1ccc2c(c1)OCCCO2. The molecule has 3 aromatic carbocycles. The first-order chi connectivity index (χ1) is 17.7. The number of ether oxygens (including phenoxy) is 4. The Hall–Kier alpha value is -4.52. The molecule has 0 bridgehead atoms. The summed E-state index contributed by atoms with van der Waals surface area (Å²) in [6.45, 7) is 2.21. The summed E-state index contributed by atoms with van der Waals surface area (Å²) >= 11 is 0. The second-order valence-corrected chi connectivity index (χ2v) is 8.48. The minimum absolute atomic E-state index is 0.133. The molecule has 0 N–H and O–H groups in total. The number of carbonyl (C=O) groups is 1. The number of para-hydroxylation sites is 1. The van der Waals surface area contributed by atoms with Crippen molar-refractivity contribution in [2.75, 3.05) is 26.4 Å². The number of allylic oxidation sites excluding steroid dienone is 1. The molecule has 7 heteroatoms. The summed E-state index contributed by atoms with van der Waals surface area (Å²) in [6, 6.07) is 20.9. The fourth-order valence-electron chi connectivity index (χ4n) is 4.22. The average molecular weight is 481 g/mol. The van der Waals surface area contributed by atoms with Crippen molar-refractivity contribution in [2.24, 2.45) is 0 Å². The summed E-state index contributed by atoms with van der Waals surface area (Å²) in [7, 11) is 0. The van der Waals surface area contributed by atoms with Gasteiger partial charge in [0, 0.05) is 29.3 Å². The number of nitrogens with zero attached hydrogens (tertiary/aromatic N) is 2. The quantitative estimate of drug-likeness (QED) is 0.283. The summed E-state index contributed by atoms with van der Waals surface area (Å²) in [5.41, 5.74) is 3.87. The Bertz CT molecular complexity index is 1440. The summed E-state index contributed by atoms with van der Waals surface area (Å²) in [4.78, 5) is 13.1. The lowest BCUT2D eigenvalue weighted by molar-refractivity contribution is 0.104. The maximum Gasteiger partial charge on any atom is 0.185 e. The van der Waals surface area contributed by atoms with Crippen molar-refractivity contribution in [1.82, 2.24) is 9.78 Å². The van der Waals surface area contributed by atoms with Crippen LogP contribution in [0.15, 0.2) is 79.0 Å². The molecule has 2 aliphatic rings. The lowest BCUT2D eigenvalue weighted by atomic mass is 10.1. The van der Waals surface area contributed by atoms with Crippen molar-refractivity contribution in [1.29, 1.82) is 0 Å². The third-order valence-electron chi connectivity index (χ3n) is 6.03. The van der Waals surface area contributed by atoms with Gasteiger partial charge in [-0.15, -0.1) is 0 Å². The van der Waals surface area contributed by atoms with Crippen LogP contribution in [0, 0.1) is 0 Å². The molecule has 0 saturated heterocycles. The molecule has 0 unspecified atom stereocenters. The van der Waals surface area contributed by atoms with Crippen LogP contribution in [-0.2, 0) is 0 Å². The van der Waals surface area contributed by atoms with Gasteiger partial charge < -0.3 is 18.9 Å². The lowest BCUT2D eigenvalue weighted by Crippen LogP contribution is -2.15. The van der Waals surface area contributed by atoms with Gasteiger partial charge in [-0.05, 0) is 60.7 Å². The van der Waals surface area contributed by atoms with Crippen molar-refractivity contribution >= 4 is 11.9 Å². The highest BCUT2D eigenvalue weighted by atomic mass is 16.6. The number of rotatable bonds is 5. The van der Waals surface area contributed by atoms with Crippen molar-refractivity contribution in [3.63, 3.8) is 0 Å². The van der Waals surface area contributed by atoms with E-state index in [-0.39, 0.29) is 5.78 Å². The highest BCUT2D eigenvalue weighted by molar-refractivity contribution is 6.07. The molecular formula is C29H24N2O5. The van der Waals surface area contributed by atoms with Gasteiger partial charge in [-0.2, -0.15) is 5.10 Å². The first-order valence-electron chi connectivity index (χ1n) is 11.9. The van der Waals surface area contributed by atoms with Gasteiger partial charge in [-0.25, -0.2) is 4.68 Å². The fraction of sp³-hybridized carbons (Fsp3) is 0.172. The average Bonchev–Trinajstić information content (AvgIpc) is 3.22. The van der Waals surface area contributed by atoms with Gasteiger partial charge in [0.25, 0.3) is 0 Å². The van der Waals surface area contributed by atoms with Crippen molar-refractivity contribution in [3.05, 3.63) is 90.1 Å². The smallest absolute Gasteiger partial charge is 0.185 e. The van der Waals surface area contributed by atoms with Crippen LogP contribution in [0.5, 0.6) is 23.0 Å². The van der Waals surface area contributed by atoms with Crippen LogP contribution in [0.3, 0.4) is 0 Å². The van der Waals surface area contributed by atoms with E-state index in [4.69, 9.17) is 24.0 Å². The molecule has 7 nitrogen and oxygen atoms in total. The Labute approximate surface area is 208 Å². The molecule has 3 heterocycles. The largest absolute Gasteiger partial charge is 0.490 e. The number of hydrogen-bond acceptors (Lipinski definition) is 6. The van der Waals surface area contributed by atoms with Crippen LogP contribution in [0.1, 0.15) is 22.3 Å². The highest BCUT2D eigenvalue weighted by Crippen LogP contribution is 2.36. The van der Waals surface area contributed by atoms with Gasteiger partial charge in [0.15, 0.2) is 28.8 Å². The molecule has 2 aliphatic heterocycles. The Morgan fingerprint density at radius 1 is 0.778 bits per heavy atom. The van der Waals surface area contributed by atoms with E-state index in [1.807, 2.05) is 59.4 Å². The van der Waals surface area contributed by atoms with Crippen LogP contribution in [0.25, 0.3) is 23.0 Å². The van der Waals surface area contributed by atoms with Gasteiger partial charge in [0.2, 0.25) is 0 Å². The molecule has 1 aromatic heterocycles. The van der Waals surface area contributed by atoms with Gasteiger partial charge >= 0.3 is 0 Å². The standard InChI is InChI=1S/C29H24N2O5/c32-24(20-8-11-25-27(17-20)34-14-4-13-33-25)10-7-22-19-31(23-5-2-1-3-6-23)30-29(22)21-9-12-26-28(18-21)36-16-15-35-26/h1-3,5-12,17-19H,4,13-16H2/b10-7+. The number of carbonyl (C=O) groups excluding carboxylic acids is 1. The number of ketones is 1. The van der Waals surface area contributed by atoms with Crippen LogP contribution in [0.2, 0.25) is 0 Å². The molecule has 180 valence electrons. The first kappa shape index (κ1) is 22.0. The van der Waals surface area contributed by atoms with Gasteiger partial charge in [-0.1, -0.05) is 18.2 Å². The molecular weight excluding hydrogens is 456 g/mol. The Kier molecular flexibility index (Phi) is 5.87. The Morgan fingerprint density at radius 3 is 2.31 bits per heavy atom. The normalized spacial score (nSPS) is 14.4. The topological polar surface area (TPSA) is 71.8 Å². The predicted molar refractivity (Wildman–Crippen MR) is 135 cm³/mol.